The molecule has 3 rings (SSSR count). The standard InChI is InChI=1S/C12H11N3O/c1-7-3-4-9-8(5-7)10-11(15-9)12(16-2)14-6-13-10/h3-6,15H,1-2H3. The predicted octanol–water partition coefficient (Wildman–Crippen LogP) is 2.43. The number of nitrogens with zero attached hydrogens (tertiary/aromatic N) is 2. The molecule has 0 amide bonds. The first kappa shape index (κ1) is 9.15. The van der Waals surface area contributed by atoms with Gasteiger partial charge in [-0.1, -0.05) is 11.6 Å². The number of hydrogen-bond donors (Lipinski definition) is 1. The first-order valence-corrected chi connectivity index (χ1v) is 5.06. The number of methoxy groups -OCH3 is 1. The van der Waals surface area contributed by atoms with E-state index in [1.807, 2.05) is 6.07 Å². The van der Waals surface area contributed by atoms with E-state index in [0.717, 1.165) is 21.9 Å². The number of benzene rings is 1. The maximum Gasteiger partial charge on any atom is 0.241 e. The van der Waals surface area contributed by atoms with Crippen molar-refractivity contribution in [1.82, 2.24) is 15.0 Å². The summed E-state index contributed by atoms with van der Waals surface area (Å²) in [5.41, 5.74) is 4.03. The van der Waals surface area contributed by atoms with Gasteiger partial charge in [-0.3, -0.25) is 0 Å². The lowest BCUT2D eigenvalue weighted by Crippen LogP contribution is -1.89. The summed E-state index contributed by atoms with van der Waals surface area (Å²) < 4.78 is 5.20. The Hall–Kier alpha value is -2.10. The highest BCUT2D eigenvalue weighted by molar-refractivity contribution is 6.06. The molecule has 0 saturated carbocycles. The van der Waals surface area contributed by atoms with Gasteiger partial charge < -0.3 is 9.72 Å². The molecule has 16 heavy (non-hydrogen) atoms. The summed E-state index contributed by atoms with van der Waals surface area (Å²) in [6, 6.07) is 6.23. The van der Waals surface area contributed by atoms with Crippen LogP contribution in [-0.2, 0) is 0 Å². The Kier molecular flexibility index (Phi) is 1.83. The molecule has 0 aliphatic rings. The molecule has 4 heteroatoms. The summed E-state index contributed by atoms with van der Waals surface area (Å²) in [6.45, 7) is 2.07. The Morgan fingerprint density at radius 3 is 2.94 bits per heavy atom. The maximum atomic E-state index is 5.20. The normalized spacial score (nSPS) is 11.1. The highest BCUT2D eigenvalue weighted by atomic mass is 16.5. The molecular formula is C12H11N3O. The van der Waals surface area contributed by atoms with Crippen LogP contribution >= 0.6 is 0 Å². The van der Waals surface area contributed by atoms with Crippen LogP contribution in [0.25, 0.3) is 21.9 Å². The number of aromatic nitrogens is 3. The van der Waals surface area contributed by atoms with E-state index in [1.165, 1.54) is 11.9 Å². The summed E-state index contributed by atoms with van der Waals surface area (Å²) in [7, 11) is 1.61. The van der Waals surface area contributed by atoms with E-state index in [-0.39, 0.29) is 0 Å². The average Bonchev–Trinajstić information content (AvgIpc) is 2.67. The van der Waals surface area contributed by atoms with Crippen molar-refractivity contribution < 1.29 is 4.74 Å². The summed E-state index contributed by atoms with van der Waals surface area (Å²) >= 11 is 0. The molecule has 4 nitrogen and oxygen atoms in total. The maximum absolute atomic E-state index is 5.20. The Bertz CT molecular complexity index is 672. The Balaban J connectivity index is 2.50. The van der Waals surface area contributed by atoms with E-state index in [0.29, 0.717) is 5.88 Å². The van der Waals surface area contributed by atoms with E-state index in [4.69, 9.17) is 4.74 Å². The zero-order chi connectivity index (χ0) is 11.1. The number of aromatic amines is 1. The van der Waals surface area contributed by atoms with Gasteiger partial charge in [0, 0.05) is 10.9 Å². The van der Waals surface area contributed by atoms with Crippen LogP contribution in [0, 0.1) is 6.92 Å². The molecule has 0 radical (unpaired) electrons. The van der Waals surface area contributed by atoms with Crippen molar-refractivity contribution in [2.24, 2.45) is 0 Å². The number of fused-ring (bicyclic) bond motifs is 3. The fraction of sp³-hybridized carbons (Fsp3) is 0.167. The van der Waals surface area contributed by atoms with Crippen LogP contribution in [0.1, 0.15) is 5.56 Å². The molecule has 0 fully saturated rings. The number of aryl methyl sites for hydroxylation is 1. The topological polar surface area (TPSA) is 50.8 Å². The fourth-order valence-corrected chi connectivity index (χ4v) is 1.94. The number of nitrogens with one attached hydrogen (secondary N) is 1. The summed E-state index contributed by atoms with van der Waals surface area (Å²) in [5, 5.41) is 1.11. The second-order valence-electron chi connectivity index (χ2n) is 3.78. The molecule has 2 aromatic heterocycles. The van der Waals surface area contributed by atoms with Gasteiger partial charge in [-0.05, 0) is 19.1 Å². The third-order valence-corrected chi connectivity index (χ3v) is 2.70. The Labute approximate surface area is 92.3 Å². The lowest BCUT2D eigenvalue weighted by molar-refractivity contribution is 0.402. The monoisotopic (exact) mass is 213 g/mol. The molecule has 0 aliphatic carbocycles. The fourth-order valence-electron chi connectivity index (χ4n) is 1.94. The van der Waals surface area contributed by atoms with Gasteiger partial charge in [0.2, 0.25) is 5.88 Å². The molecule has 2 heterocycles. The van der Waals surface area contributed by atoms with E-state index < -0.39 is 0 Å². The van der Waals surface area contributed by atoms with E-state index in [1.54, 1.807) is 7.11 Å². The van der Waals surface area contributed by atoms with Crippen molar-refractivity contribution in [1.29, 1.82) is 0 Å². The van der Waals surface area contributed by atoms with Crippen LogP contribution in [0.3, 0.4) is 0 Å². The molecule has 0 atom stereocenters. The van der Waals surface area contributed by atoms with Crippen LogP contribution in [0.5, 0.6) is 5.88 Å². The number of rotatable bonds is 1. The van der Waals surface area contributed by atoms with Gasteiger partial charge >= 0.3 is 0 Å². The van der Waals surface area contributed by atoms with E-state index in [2.05, 4.69) is 34.0 Å². The Morgan fingerprint density at radius 2 is 2.12 bits per heavy atom. The number of hydrogen-bond acceptors (Lipinski definition) is 3. The summed E-state index contributed by atoms with van der Waals surface area (Å²) in [6.07, 6.45) is 1.52. The van der Waals surface area contributed by atoms with Gasteiger partial charge in [-0.15, -0.1) is 0 Å². The second kappa shape index (κ2) is 3.20. The molecule has 1 aromatic carbocycles. The third-order valence-electron chi connectivity index (χ3n) is 2.70. The minimum absolute atomic E-state index is 0.582. The van der Waals surface area contributed by atoms with Crippen molar-refractivity contribution in [2.45, 2.75) is 6.92 Å². The lowest BCUT2D eigenvalue weighted by Gasteiger charge is -1.97. The van der Waals surface area contributed by atoms with Gasteiger partial charge in [0.25, 0.3) is 0 Å². The Morgan fingerprint density at radius 1 is 1.25 bits per heavy atom. The lowest BCUT2D eigenvalue weighted by atomic mass is 10.2. The smallest absolute Gasteiger partial charge is 0.241 e. The zero-order valence-corrected chi connectivity index (χ0v) is 9.11. The molecule has 0 saturated heterocycles. The van der Waals surface area contributed by atoms with Crippen LogP contribution in [0.15, 0.2) is 24.5 Å². The number of H-pyrrole nitrogens is 1. The van der Waals surface area contributed by atoms with E-state index in [9.17, 15) is 0 Å². The highest BCUT2D eigenvalue weighted by Gasteiger charge is 2.10. The first-order valence-electron chi connectivity index (χ1n) is 5.06. The summed E-state index contributed by atoms with van der Waals surface area (Å²) in [5.74, 6) is 0.582. The molecule has 0 aliphatic heterocycles. The summed E-state index contributed by atoms with van der Waals surface area (Å²) in [4.78, 5) is 11.6. The highest BCUT2D eigenvalue weighted by Crippen LogP contribution is 2.28. The quantitative estimate of drug-likeness (QED) is 0.675. The molecule has 0 unspecified atom stereocenters. The van der Waals surface area contributed by atoms with Crippen LogP contribution in [-0.4, -0.2) is 22.1 Å². The van der Waals surface area contributed by atoms with Crippen molar-refractivity contribution in [3.63, 3.8) is 0 Å². The van der Waals surface area contributed by atoms with Gasteiger partial charge in [0.15, 0.2) is 0 Å². The van der Waals surface area contributed by atoms with Gasteiger partial charge in [-0.2, -0.15) is 4.98 Å². The molecule has 1 N–H and O–H groups in total. The molecule has 0 spiro atoms. The van der Waals surface area contributed by atoms with Crippen LogP contribution < -0.4 is 4.74 Å². The van der Waals surface area contributed by atoms with Crippen LogP contribution in [0.4, 0.5) is 0 Å². The zero-order valence-electron chi connectivity index (χ0n) is 9.11. The van der Waals surface area contributed by atoms with Crippen LogP contribution in [0.2, 0.25) is 0 Å². The van der Waals surface area contributed by atoms with Gasteiger partial charge in [0.1, 0.15) is 17.4 Å². The minimum atomic E-state index is 0.582. The van der Waals surface area contributed by atoms with Crippen molar-refractivity contribution in [3.05, 3.63) is 30.1 Å². The average molecular weight is 213 g/mol. The predicted molar refractivity (Wildman–Crippen MR) is 62.7 cm³/mol. The van der Waals surface area contributed by atoms with Crippen molar-refractivity contribution in [3.8, 4) is 5.88 Å². The second-order valence-corrected chi connectivity index (χ2v) is 3.78. The van der Waals surface area contributed by atoms with Crippen molar-refractivity contribution >= 4 is 21.9 Å². The van der Waals surface area contributed by atoms with Crippen molar-refractivity contribution in [2.75, 3.05) is 7.11 Å². The molecule has 0 bridgehead atoms. The van der Waals surface area contributed by atoms with E-state index >= 15 is 0 Å². The minimum Gasteiger partial charge on any atom is -0.479 e. The van der Waals surface area contributed by atoms with Gasteiger partial charge in [-0.25, -0.2) is 4.98 Å². The third kappa shape index (κ3) is 1.16. The SMILES string of the molecule is COc1ncnc2c1[nH]c1ccc(C)cc12. The molecule has 3 aromatic rings. The number of ether oxygens (including phenoxy) is 1. The molecule has 80 valence electrons. The molecular weight excluding hydrogens is 202 g/mol. The first-order chi connectivity index (χ1) is 7.79. The van der Waals surface area contributed by atoms with Gasteiger partial charge in [0.05, 0.1) is 7.11 Å². The largest absolute Gasteiger partial charge is 0.479 e.